The van der Waals surface area contributed by atoms with Crippen molar-refractivity contribution in [2.24, 2.45) is 5.92 Å². The first kappa shape index (κ1) is 10.1. The molecule has 0 aromatic rings. The number of halogens is 2. The van der Waals surface area contributed by atoms with Crippen molar-refractivity contribution >= 4 is 23.2 Å². The molecule has 0 aromatic heterocycles. The zero-order chi connectivity index (χ0) is 9.46. The van der Waals surface area contributed by atoms with Crippen molar-refractivity contribution in [2.45, 2.75) is 32.5 Å². The molecule has 0 amide bonds. The molecular formula is C10H14Cl2. The van der Waals surface area contributed by atoms with Gasteiger partial charge < -0.3 is 0 Å². The first-order valence-corrected chi connectivity index (χ1v) is 5.00. The van der Waals surface area contributed by atoms with Gasteiger partial charge in [0.05, 0.1) is 0 Å². The number of allylic oxidation sites excluding steroid dienone is 4. The van der Waals surface area contributed by atoms with Gasteiger partial charge in [-0.15, -0.1) is 23.2 Å². The van der Waals surface area contributed by atoms with E-state index in [1.807, 2.05) is 0 Å². The van der Waals surface area contributed by atoms with Crippen LogP contribution in [0.4, 0.5) is 0 Å². The molecule has 1 aliphatic rings. The minimum absolute atomic E-state index is 0.354. The van der Waals surface area contributed by atoms with Crippen LogP contribution >= 0.6 is 23.2 Å². The molecular weight excluding hydrogens is 191 g/mol. The van der Waals surface area contributed by atoms with E-state index in [0.29, 0.717) is 5.92 Å². The van der Waals surface area contributed by atoms with Crippen LogP contribution < -0.4 is 0 Å². The van der Waals surface area contributed by atoms with Crippen LogP contribution in [0.2, 0.25) is 0 Å². The normalized spacial score (nSPS) is 24.8. The summed E-state index contributed by atoms with van der Waals surface area (Å²) in [5.74, 6) is 0.421. The molecule has 2 heteroatoms. The molecule has 0 spiro atoms. The Hall–Kier alpha value is 0.0600. The minimum Gasteiger partial charge on any atom is -0.100 e. The predicted octanol–water partition coefficient (Wildman–Crippen LogP) is 4.09. The summed E-state index contributed by atoms with van der Waals surface area (Å²) in [5.41, 5.74) is 5.20. The predicted molar refractivity (Wildman–Crippen MR) is 55.7 cm³/mol. The van der Waals surface area contributed by atoms with Crippen molar-refractivity contribution < 1.29 is 0 Å². The molecule has 1 unspecified atom stereocenters. The van der Waals surface area contributed by atoms with Gasteiger partial charge in [0.1, 0.15) is 4.84 Å². The van der Waals surface area contributed by atoms with E-state index in [2.05, 4.69) is 27.7 Å². The van der Waals surface area contributed by atoms with Crippen molar-refractivity contribution in [3.63, 3.8) is 0 Å². The second-order valence-electron chi connectivity index (χ2n) is 3.41. The average Bonchev–Trinajstić information content (AvgIpc) is 2.16. The third kappa shape index (κ3) is 1.43. The van der Waals surface area contributed by atoms with Crippen LogP contribution in [0.3, 0.4) is 0 Å². The number of rotatable bonds is 1. The van der Waals surface area contributed by atoms with E-state index in [1.165, 1.54) is 22.3 Å². The average molecular weight is 205 g/mol. The Morgan fingerprint density at radius 3 is 1.75 bits per heavy atom. The summed E-state index contributed by atoms with van der Waals surface area (Å²) in [6.07, 6.45) is 0. The van der Waals surface area contributed by atoms with Gasteiger partial charge in [-0.1, -0.05) is 12.5 Å². The Morgan fingerprint density at radius 2 is 1.58 bits per heavy atom. The van der Waals surface area contributed by atoms with E-state index >= 15 is 0 Å². The maximum Gasteiger partial charge on any atom is 0.129 e. The summed E-state index contributed by atoms with van der Waals surface area (Å²) in [6.45, 7) is 8.52. The third-order valence-electron chi connectivity index (χ3n) is 2.94. The van der Waals surface area contributed by atoms with E-state index in [0.717, 1.165) is 0 Å². The third-order valence-corrected chi connectivity index (χ3v) is 3.41. The van der Waals surface area contributed by atoms with Gasteiger partial charge in [0.15, 0.2) is 0 Å². The molecule has 0 aliphatic heterocycles. The van der Waals surface area contributed by atoms with Crippen LogP contribution in [0.15, 0.2) is 22.3 Å². The van der Waals surface area contributed by atoms with E-state index in [-0.39, 0.29) is 4.84 Å². The molecule has 0 saturated carbocycles. The van der Waals surface area contributed by atoms with Crippen LogP contribution in [0.1, 0.15) is 27.7 Å². The molecule has 12 heavy (non-hydrogen) atoms. The van der Waals surface area contributed by atoms with Gasteiger partial charge in [0, 0.05) is 5.92 Å². The second kappa shape index (κ2) is 3.43. The Morgan fingerprint density at radius 1 is 1.08 bits per heavy atom. The molecule has 1 atom stereocenters. The Kier molecular flexibility index (Phi) is 2.90. The summed E-state index contributed by atoms with van der Waals surface area (Å²) in [7, 11) is 0. The van der Waals surface area contributed by atoms with E-state index in [9.17, 15) is 0 Å². The lowest BCUT2D eigenvalue weighted by Gasteiger charge is -2.12. The van der Waals surface area contributed by atoms with Crippen molar-refractivity contribution in [1.82, 2.24) is 0 Å². The molecule has 1 aliphatic carbocycles. The lowest BCUT2D eigenvalue weighted by Crippen LogP contribution is -2.04. The Labute approximate surface area is 84.2 Å². The van der Waals surface area contributed by atoms with E-state index < -0.39 is 0 Å². The largest absolute Gasteiger partial charge is 0.129 e. The molecule has 0 saturated heterocycles. The van der Waals surface area contributed by atoms with Gasteiger partial charge in [0.2, 0.25) is 0 Å². The molecule has 68 valence electrons. The molecule has 0 nitrogen and oxygen atoms in total. The summed E-state index contributed by atoms with van der Waals surface area (Å²) < 4.78 is 0. The quantitative estimate of drug-likeness (QED) is 0.565. The molecule has 0 heterocycles. The van der Waals surface area contributed by atoms with E-state index in [4.69, 9.17) is 23.2 Å². The number of hydrogen-bond acceptors (Lipinski definition) is 0. The maximum absolute atomic E-state index is 5.89. The second-order valence-corrected chi connectivity index (χ2v) is 4.51. The van der Waals surface area contributed by atoms with Gasteiger partial charge >= 0.3 is 0 Å². The van der Waals surface area contributed by atoms with Crippen molar-refractivity contribution in [3.8, 4) is 0 Å². The first-order valence-electron chi connectivity index (χ1n) is 4.13. The fourth-order valence-electron chi connectivity index (χ4n) is 1.75. The smallest absolute Gasteiger partial charge is 0.100 e. The monoisotopic (exact) mass is 204 g/mol. The van der Waals surface area contributed by atoms with Gasteiger partial charge in [-0.3, -0.25) is 0 Å². The first-order chi connectivity index (χ1) is 5.46. The van der Waals surface area contributed by atoms with Crippen LogP contribution in [0, 0.1) is 5.92 Å². The molecule has 0 radical (unpaired) electrons. The maximum atomic E-state index is 5.89. The highest BCUT2D eigenvalue weighted by molar-refractivity contribution is 6.46. The highest BCUT2D eigenvalue weighted by atomic mass is 35.5. The van der Waals surface area contributed by atoms with Crippen LogP contribution in [-0.2, 0) is 0 Å². The fourth-order valence-corrected chi connectivity index (χ4v) is 2.45. The molecule has 1 rings (SSSR count). The summed E-state index contributed by atoms with van der Waals surface area (Å²) in [4.78, 5) is -0.354. The van der Waals surface area contributed by atoms with Crippen molar-refractivity contribution in [2.75, 3.05) is 0 Å². The number of hydrogen-bond donors (Lipinski definition) is 0. The van der Waals surface area contributed by atoms with Gasteiger partial charge in [-0.05, 0) is 37.5 Å². The van der Waals surface area contributed by atoms with Crippen LogP contribution in [0.5, 0.6) is 0 Å². The van der Waals surface area contributed by atoms with Gasteiger partial charge in [-0.25, -0.2) is 0 Å². The Bertz CT molecular complexity index is 259. The van der Waals surface area contributed by atoms with Gasteiger partial charge in [0.25, 0.3) is 0 Å². The van der Waals surface area contributed by atoms with Gasteiger partial charge in [-0.2, -0.15) is 0 Å². The van der Waals surface area contributed by atoms with Crippen molar-refractivity contribution in [1.29, 1.82) is 0 Å². The summed E-state index contributed by atoms with van der Waals surface area (Å²) >= 11 is 11.8. The highest BCUT2D eigenvalue weighted by Crippen LogP contribution is 2.40. The standard InChI is InChI=1S/C10H14Cl2/c1-5-6(2)8(4)9(7(5)3)10(11)12/h7,10H,1-4H3. The van der Waals surface area contributed by atoms with Crippen LogP contribution in [-0.4, -0.2) is 4.84 Å². The fraction of sp³-hybridized carbons (Fsp3) is 0.600. The summed E-state index contributed by atoms with van der Waals surface area (Å²) in [5, 5.41) is 0. The van der Waals surface area contributed by atoms with E-state index in [1.54, 1.807) is 0 Å². The molecule has 0 bridgehead atoms. The lowest BCUT2D eigenvalue weighted by atomic mass is 9.99. The zero-order valence-electron chi connectivity index (χ0n) is 7.91. The zero-order valence-corrected chi connectivity index (χ0v) is 9.42. The minimum atomic E-state index is -0.354. The van der Waals surface area contributed by atoms with Crippen LogP contribution in [0.25, 0.3) is 0 Å². The summed E-state index contributed by atoms with van der Waals surface area (Å²) in [6, 6.07) is 0. The van der Waals surface area contributed by atoms with Crippen molar-refractivity contribution in [3.05, 3.63) is 22.3 Å². The Balaban J connectivity index is 3.09. The highest BCUT2D eigenvalue weighted by Gasteiger charge is 2.26. The number of alkyl halides is 2. The SMILES string of the molecule is CC1=C(C)C(C)C(C(Cl)Cl)=C1C. The molecule has 0 fully saturated rings. The molecule has 0 N–H and O–H groups in total. The topological polar surface area (TPSA) is 0 Å². The molecule has 0 aromatic carbocycles. The lowest BCUT2D eigenvalue weighted by molar-refractivity contribution is 0.806.